The summed E-state index contributed by atoms with van der Waals surface area (Å²) in [7, 11) is 0. The molecule has 0 unspecified atom stereocenters. The highest BCUT2D eigenvalue weighted by atomic mass is 35.5. The number of hydrogen-bond acceptors (Lipinski definition) is 1. The zero-order chi connectivity index (χ0) is 10.0. The highest BCUT2D eigenvalue weighted by Gasteiger charge is 2.17. The molecule has 1 nitrogen and oxygen atoms in total. The molecule has 1 aromatic rings. The zero-order valence-corrected chi connectivity index (χ0v) is 8.67. The van der Waals surface area contributed by atoms with Gasteiger partial charge in [-0.1, -0.05) is 23.2 Å². The van der Waals surface area contributed by atoms with Gasteiger partial charge in [0, 0.05) is 10.6 Å². The fourth-order valence-electron chi connectivity index (χ4n) is 0.925. The molecule has 1 rings (SSSR count). The number of halogens is 4. The maximum atomic E-state index is 12.9. The molecule has 1 atom stereocenters. The minimum absolute atomic E-state index is 0.0805. The third-order valence-electron chi connectivity index (χ3n) is 1.56. The van der Waals surface area contributed by atoms with E-state index in [1.54, 1.807) is 0 Å². The second-order valence-electron chi connectivity index (χ2n) is 2.43. The Labute approximate surface area is 90.0 Å². The van der Waals surface area contributed by atoms with Gasteiger partial charge in [0.25, 0.3) is 0 Å². The summed E-state index contributed by atoms with van der Waals surface area (Å²) in [5.74, 6) is -0.701. The van der Waals surface area contributed by atoms with Crippen LogP contribution in [-0.2, 0) is 0 Å². The predicted molar refractivity (Wildman–Crippen MR) is 52.1 cm³/mol. The second-order valence-corrected chi connectivity index (χ2v) is 3.52. The van der Waals surface area contributed by atoms with Gasteiger partial charge in [0.1, 0.15) is 5.82 Å². The molecule has 1 aromatic carbocycles. The van der Waals surface area contributed by atoms with Gasteiger partial charge in [0.2, 0.25) is 0 Å². The molecule has 1 N–H and O–H groups in total. The molecule has 0 aliphatic rings. The summed E-state index contributed by atoms with van der Waals surface area (Å²) in [6.07, 6.45) is -1.04. The first-order chi connectivity index (χ1) is 6.07. The lowest BCUT2D eigenvalue weighted by atomic mass is 10.1. The maximum absolute atomic E-state index is 12.9. The lowest BCUT2D eigenvalue weighted by Gasteiger charge is -2.11. The van der Waals surface area contributed by atoms with Crippen molar-refractivity contribution in [2.45, 2.75) is 6.10 Å². The average Bonchev–Trinajstić information content (AvgIpc) is 2.12. The van der Waals surface area contributed by atoms with E-state index in [1.807, 2.05) is 0 Å². The van der Waals surface area contributed by atoms with Crippen LogP contribution in [0.15, 0.2) is 12.1 Å². The minimum atomic E-state index is -1.04. The van der Waals surface area contributed by atoms with Crippen molar-refractivity contribution in [1.82, 2.24) is 0 Å². The fraction of sp³-hybridized carbons (Fsp3) is 0.250. The van der Waals surface area contributed by atoms with Crippen molar-refractivity contribution in [3.63, 3.8) is 0 Å². The fourth-order valence-corrected chi connectivity index (χ4v) is 1.70. The van der Waals surface area contributed by atoms with Crippen LogP contribution in [0, 0.1) is 5.82 Å². The minimum Gasteiger partial charge on any atom is -0.387 e. The normalized spacial score (nSPS) is 13.0. The van der Waals surface area contributed by atoms with Gasteiger partial charge in [0.15, 0.2) is 0 Å². The van der Waals surface area contributed by atoms with E-state index in [2.05, 4.69) is 0 Å². The van der Waals surface area contributed by atoms with E-state index in [4.69, 9.17) is 34.8 Å². The van der Waals surface area contributed by atoms with Gasteiger partial charge in [-0.25, -0.2) is 4.39 Å². The lowest BCUT2D eigenvalue weighted by Crippen LogP contribution is -2.01. The second kappa shape index (κ2) is 4.47. The van der Waals surface area contributed by atoms with Crippen LogP contribution < -0.4 is 0 Å². The lowest BCUT2D eigenvalue weighted by molar-refractivity contribution is 0.202. The van der Waals surface area contributed by atoms with Crippen molar-refractivity contribution in [1.29, 1.82) is 0 Å². The summed E-state index contributed by atoms with van der Waals surface area (Å²) in [5.41, 5.74) is 0.137. The molecule has 72 valence electrons. The summed E-state index contributed by atoms with van der Waals surface area (Å²) in [6.45, 7) is 0. The van der Waals surface area contributed by atoms with E-state index >= 15 is 0 Å². The molecule has 0 heterocycles. The van der Waals surface area contributed by atoms with E-state index in [9.17, 15) is 9.50 Å². The number of alkyl halides is 1. The molecule has 13 heavy (non-hydrogen) atoms. The van der Waals surface area contributed by atoms with Crippen LogP contribution in [-0.4, -0.2) is 11.0 Å². The smallest absolute Gasteiger partial charge is 0.142 e. The van der Waals surface area contributed by atoms with Gasteiger partial charge >= 0.3 is 0 Å². The standard InChI is InChI=1S/C8H6Cl3FO/c9-3-6(13)7-4(10)1-2-5(12)8(7)11/h1-2,6,13H,3H2/t6-/m1/s1. The summed E-state index contributed by atoms with van der Waals surface area (Å²) >= 11 is 16.7. The molecule has 0 saturated carbocycles. The van der Waals surface area contributed by atoms with Crippen LogP contribution in [0.1, 0.15) is 11.7 Å². The van der Waals surface area contributed by atoms with Crippen LogP contribution in [0.4, 0.5) is 4.39 Å². The first-order valence-electron chi connectivity index (χ1n) is 3.45. The molecule has 5 heteroatoms. The molecule has 0 amide bonds. The van der Waals surface area contributed by atoms with Crippen molar-refractivity contribution in [2.75, 3.05) is 5.88 Å². The highest BCUT2D eigenvalue weighted by molar-refractivity contribution is 6.36. The number of rotatable bonds is 2. The van der Waals surface area contributed by atoms with Crippen molar-refractivity contribution >= 4 is 34.8 Å². The van der Waals surface area contributed by atoms with Gasteiger partial charge in [0.05, 0.1) is 17.0 Å². The summed E-state index contributed by atoms with van der Waals surface area (Å²) in [5, 5.41) is 9.38. The van der Waals surface area contributed by atoms with Gasteiger partial charge in [-0.05, 0) is 12.1 Å². The Morgan fingerprint density at radius 1 is 1.38 bits per heavy atom. The molecule has 0 aromatic heterocycles. The Hall–Kier alpha value is -0.0200. The third-order valence-corrected chi connectivity index (χ3v) is 2.56. The molecule has 0 aliphatic carbocycles. The van der Waals surface area contributed by atoms with E-state index in [0.29, 0.717) is 0 Å². The van der Waals surface area contributed by atoms with Crippen molar-refractivity contribution in [3.05, 3.63) is 33.6 Å². The Morgan fingerprint density at radius 2 is 2.00 bits per heavy atom. The predicted octanol–water partition coefficient (Wildman–Crippen LogP) is 3.40. The highest BCUT2D eigenvalue weighted by Crippen LogP contribution is 2.32. The summed E-state index contributed by atoms with van der Waals surface area (Å²) < 4.78 is 12.9. The van der Waals surface area contributed by atoms with Crippen molar-refractivity contribution in [2.24, 2.45) is 0 Å². The molecular weight excluding hydrogens is 237 g/mol. The topological polar surface area (TPSA) is 20.2 Å². The van der Waals surface area contributed by atoms with Crippen LogP contribution in [0.3, 0.4) is 0 Å². The number of hydrogen-bond donors (Lipinski definition) is 1. The summed E-state index contributed by atoms with van der Waals surface area (Å²) in [4.78, 5) is 0. The Kier molecular flexibility index (Phi) is 3.80. The molecule has 0 aliphatic heterocycles. The SMILES string of the molecule is O[C@H](CCl)c1c(Cl)ccc(F)c1Cl. The number of aliphatic hydroxyl groups excluding tert-OH is 1. The molecular formula is C8H6Cl3FO. The largest absolute Gasteiger partial charge is 0.387 e. The van der Waals surface area contributed by atoms with Crippen LogP contribution in [0.2, 0.25) is 10.0 Å². The number of benzene rings is 1. The third kappa shape index (κ3) is 2.26. The first kappa shape index (κ1) is 11.1. The van der Waals surface area contributed by atoms with E-state index < -0.39 is 11.9 Å². The molecule has 0 bridgehead atoms. The monoisotopic (exact) mass is 242 g/mol. The first-order valence-corrected chi connectivity index (χ1v) is 4.74. The van der Waals surface area contributed by atoms with Gasteiger partial charge in [-0.2, -0.15) is 0 Å². The molecule has 0 fully saturated rings. The van der Waals surface area contributed by atoms with Gasteiger partial charge < -0.3 is 5.11 Å². The molecule has 0 radical (unpaired) electrons. The van der Waals surface area contributed by atoms with Gasteiger partial charge in [-0.15, -0.1) is 11.6 Å². The van der Waals surface area contributed by atoms with E-state index in [0.717, 1.165) is 6.07 Å². The quantitative estimate of drug-likeness (QED) is 0.623. The van der Waals surface area contributed by atoms with E-state index in [1.165, 1.54) is 6.07 Å². The van der Waals surface area contributed by atoms with Crippen LogP contribution >= 0.6 is 34.8 Å². The Bertz CT molecular complexity index is 317. The summed E-state index contributed by atoms with van der Waals surface area (Å²) in [6, 6.07) is 2.46. The number of aliphatic hydroxyl groups is 1. The maximum Gasteiger partial charge on any atom is 0.142 e. The van der Waals surface area contributed by atoms with Crippen LogP contribution in [0.5, 0.6) is 0 Å². The molecule has 0 saturated heterocycles. The van der Waals surface area contributed by atoms with E-state index in [-0.39, 0.29) is 21.5 Å². The Morgan fingerprint density at radius 3 is 2.54 bits per heavy atom. The van der Waals surface area contributed by atoms with Crippen LogP contribution in [0.25, 0.3) is 0 Å². The molecule has 0 spiro atoms. The Balaban J connectivity index is 3.25. The zero-order valence-electron chi connectivity index (χ0n) is 6.40. The van der Waals surface area contributed by atoms with Crippen molar-refractivity contribution in [3.8, 4) is 0 Å². The van der Waals surface area contributed by atoms with Gasteiger partial charge in [-0.3, -0.25) is 0 Å². The van der Waals surface area contributed by atoms with Crippen molar-refractivity contribution < 1.29 is 9.50 Å². The average molecular weight is 243 g/mol.